The number of nitrogens with one attached hydrogen (secondary N) is 1. The zero-order valence-corrected chi connectivity index (χ0v) is 12.0. The lowest BCUT2D eigenvalue weighted by molar-refractivity contribution is 0.596. The number of hydrogen-bond donors (Lipinski definition) is 1. The van der Waals surface area contributed by atoms with E-state index in [1.165, 1.54) is 5.56 Å². The maximum Gasteiger partial charge on any atom is 0.128 e. The van der Waals surface area contributed by atoms with Crippen LogP contribution in [0.2, 0.25) is 0 Å². The Morgan fingerprint density at radius 1 is 1.47 bits per heavy atom. The van der Waals surface area contributed by atoms with Crippen molar-refractivity contribution in [3.63, 3.8) is 0 Å². The molecule has 1 N–H and O–H groups in total. The van der Waals surface area contributed by atoms with E-state index in [0.717, 1.165) is 24.7 Å². The van der Waals surface area contributed by atoms with Crippen molar-refractivity contribution in [1.82, 2.24) is 10.3 Å². The van der Waals surface area contributed by atoms with Gasteiger partial charge in [0.05, 0.1) is 0 Å². The highest BCUT2D eigenvalue weighted by atomic mass is 32.2. The summed E-state index contributed by atoms with van der Waals surface area (Å²) in [5, 5.41) is 3.39. The standard InChI is InChI=1S/C13H23N3S/c1-5-14-11(2)12-6-7-13(15-10-12)16(3)8-9-17-4/h6-7,10-11,14H,5,8-9H2,1-4H3. The first-order valence-corrected chi connectivity index (χ1v) is 7.47. The molecule has 1 aromatic heterocycles. The van der Waals surface area contributed by atoms with Crippen LogP contribution in [0, 0.1) is 0 Å². The Balaban J connectivity index is 2.60. The quantitative estimate of drug-likeness (QED) is 0.808. The number of anilines is 1. The molecule has 0 aliphatic heterocycles. The average Bonchev–Trinajstić information content (AvgIpc) is 2.36. The fraction of sp³-hybridized carbons (Fsp3) is 0.615. The van der Waals surface area contributed by atoms with E-state index in [0.29, 0.717) is 6.04 Å². The maximum atomic E-state index is 4.51. The van der Waals surface area contributed by atoms with Crippen molar-refractivity contribution < 1.29 is 0 Å². The molecule has 96 valence electrons. The Labute approximate surface area is 109 Å². The van der Waals surface area contributed by atoms with E-state index in [-0.39, 0.29) is 0 Å². The second kappa shape index (κ2) is 7.56. The molecule has 0 fully saturated rings. The molecule has 0 aromatic carbocycles. The van der Waals surface area contributed by atoms with Crippen LogP contribution in [0.15, 0.2) is 18.3 Å². The molecule has 0 radical (unpaired) electrons. The van der Waals surface area contributed by atoms with Gasteiger partial charge in [-0.3, -0.25) is 0 Å². The minimum absolute atomic E-state index is 0.373. The molecule has 17 heavy (non-hydrogen) atoms. The summed E-state index contributed by atoms with van der Waals surface area (Å²) in [5.74, 6) is 2.18. The molecule has 1 atom stereocenters. The number of thioether (sulfide) groups is 1. The lowest BCUT2D eigenvalue weighted by atomic mass is 10.1. The van der Waals surface area contributed by atoms with E-state index >= 15 is 0 Å². The third kappa shape index (κ3) is 4.56. The molecule has 0 saturated carbocycles. The van der Waals surface area contributed by atoms with Crippen molar-refractivity contribution in [1.29, 1.82) is 0 Å². The zero-order valence-electron chi connectivity index (χ0n) is 11.2. The van der Waals surface area contributed by atoms with Gasteiger partial charge < -0.3 is 10.2 Å². The van der Waals surface area contributed by atoms with Gasteiger partial charge in [-0.2, -0.15) is 11.8 Å². The zero-order chi connectivity index (χ0) is 12.7. The summed E-state index contributed by atoms with van der Waals surface area (Å²) >= 11 is 1.86. The number of pyridine rings is 1. The second-order valence-corrected chi connectivity index (χ2v) is 5.13. The summed E-state index contributed by atoms with van der Waals surface area (Å²) in [4.78, 5) is 6.70. The van der Waals surface area contributed by atoms with Crippen LogP contribution >= 0.6 is 11.8 Å². The lowest BCUT2D eigenvalue weighted by Crippen LogP contribution is -2.22. The Morgan fingerprint density at radius 2 is 2.24 bits per heavy atom. The molecule has 1 aromatic rings. The first-order chi connectivity index (χ1) is 8.19. The van der Waals surface area contributed by atoms with Crippen LogP contribution in [0.1, 0.15) is 25.5 Å². The van der Waals surface area contributed by atoms with Gasteiger partial charge in [-0.05, 0) is 31.4 Å². The summed E-state index contributed by atoms with van der Waals surface area (Å²) in [7, 11) is 2.09. The molecular formula is C13H23N3S. The van der Waals surface area contributed by atoms with Crippen LogP contribution in [0.25, 0.3) is 0 Å². The molecule has 0 aliphatic carbocycles. The van der Waals surface area contributed by atoms with Crippen molar-refractivity contribution in [3.8, 4) is 0 Å². The summed E-state index contributed by atoms with van der Waals surface area (Å²) in [6.07, 6.45) is 4.10. The molecule has 0 amide bonds. The smallest absolute Gasteiger partial charge is 0.128 e. The third-order valence-electron chi connectivity index (χ3n) is 2.80. The van der Waals surface area contributed by atoms with Crippen molar-refractivity contribution >= 4 is 17.6 Å². The first kappa shape index (κ1) is 14.3. The van der Waals surface area contributed by atoms with E-state index < -0.39 is 0 Å². The third-order valence-corrected chi connectivity index (χ3v) is 3.39. The lowest BCUT2D eigenvalue weighted by Gasteiger charge is -2.19. The minimum atomic E-state index is 0.373. The van der Waals surface area contributed by atoms with Crippen LogP contribution < -0.4 is 10.2 Å². The highest BCUT2D eigenvalue weighted by Crippen LogP contribution is 2.15. The molecule has 0 aliphatic rings. The van der Waals surface area contributed by atoms with Crippen molar-refractivity contribution in [2.75, 3.05) is 37.0 Å². The van der Waals surface area contributed by atoms with Gasteiger partial charge in [0.2, 0.25) is 0 Å². The van der Waals surface area contributed by atoms with E-state index in [1.807, 2.05) is 18.0 Å². The molecule has 0 spiro atoms. The molecular weight excluding hydrogens is 230 g/mol. The maximum absolute atomic E-state index is 4.51. The first-order valence-electron chi connectivity index (χ1n) is 6.08. The second-order valence-electron chi connectivity index (χ2n) is 4.14. The molecule has 1 heterocycles. The Morgan fingerprint density at radius 3 is 2.76 bits per heavy atom. The van der Waals surface area contributed by atoms with E-state index in [9.17, 15) is 0 Å². The molecule has 1 unspecified atom stereocenters. The van der Waals surface area contributed by atoms with Gasteiger partial charge in [-0.15, -0.1) is 0 Å². The monoisotopic (exact) mass is 253 g/mol. The predicted molar refractivity (Wildman–Crippen MR) is 78.0 cm³/mol. The Kier molecular flexibility index (Phi) is 6.37. The van der Waals surface area contributed by atoms with E-state index in [4.69, 9.17) is 0 Å². The number of hydrogen-bond acceptors (Lipinski definition) is 4. The van der Waals surface area contributed by atoms with Crippen LogP contribution in [0.4, 0.5) is 5.82 Å². The largest absolute Gasteiger partial charge is 0.359 e. The van der Waals surface area contributed by atoms with Crippen molar-refractivity contribution in [2.24, 2.45) is 0 Å². The van der Waals surface area contributed by atoms with E-state index in [2.05, 4.69) is 54.5 Å². The highest BCUT2D eigenvalue weighted by molar-refractivity contribution is 7.98. The van der Waals surface area contributed by atoms with E-state index in [1.54, 1.807) is 0 Å². The normalized spacial score (nSPS) is 12.5. The number of rotatable bonds is 7. The van der Waals surface area contributed by atoms with Crippen LogP contribution in [-0.4, -0.2) is 37.1 Å². The summed E-state index contributed by atoms with van der Waals surface area (Å²) in [6, 6.07) is 4.63. The molecule has 0 bridgehead atoms. The Hall–Kier alpha value is -0.740. The summed E-state index contributed by atoms with van der Waals surface area (Å²) in [5.41, 5.74) is 1.24. The molecule has 4 heteroatoms. The molecule has 3 nitrogen and oxygen atoms in total. The molecule has 0 saturated heterocycles. The van der Waals surface area contributed by atoms with Crippen molar-refractivity contribution in [2.45, 2.75) is 19.9 Å². The van der Waals surface area contributed by atoms with Gasteiger partial charge in [-0.1, -0.05) is 13.0 Å². The van der Waals surface area contributed by atoms with Gasteiger partial charge in [0.15, 0.2) is 0 Å². The van der Waals surface area contributed by atoms with Crippen LogP contribution in [0.5, 0.6) is 0 Å². The number of aromatic nitrogens is 1. The van der Waals surface area contributed by atoms with Crippen LogP contribution in [0.3, 0.4) is 0 Å². The summed E-state index contributed by atoms with van der Waals surface area (Å²) < 4.78 is 0. The number of nitrogens with zero attached hydrogens (tertiary/aromatic N) is 2. The van der Waals surface area contributed by atoms with Crippen LogP contribution in [-0.2, 0) is 0 Å². The summed E-state index contributed by atoms with van der Waals surface area (Å²) in [6.45, 7) is 6.30. The topological polar surface area (TPSA) is 28.2 Å². The Bertz CT molecular complexity index is 313. The highest BCUT2D eigenvalue weighted by Gasteiger charge is 2.06. The van der Waals surface area contributed by atoms with Crippen molar-refractivity contribution in [3.05, 3.63) is 23.9 Å². The fourth-order valence-electron chi connectivity index (χ4n) is 1.65. The predicted octanol–water partition coefficient (Wildman–Crippen LogP) is 2.55. The van der Waals surface area contributed by atoms with Gasteiger partial charge in [-0.25, -0.2) is 4.98 Å². The SMILES string of the molecule is CCNC(C)c1ccc(N(C)CCSC)nc1. The van der Waals surface area contributed by atoms with Gasteiger partial charge in [0.25, 0.3) is 0 Å². The van der Waals surface area contributed by atoms with Gasteiger partial charge in [0.1, 0.15) is 5.82 Å². The molecule has 1 rings (SSSR count). The van der Waals surface area contributed by atoms with Gasteiger partial charge >= 0.3 is 0 Å². The average molecular weight is 253 g/mol. The minimum Gasteiger partial charge on any atom is -0.359 e. The van der Waals surface area contributed by atoms with Gasteiger partial charge in [0, 0.05) is 31.6 Å². The fourth-order valence-corrected chi connectivity index (χ4v) is 2.10.